The fraction of sp³-hybridized carbons (Fsp3) is 0.550. The summed E-state index contributed by atoms with van der Waals surface area (Å²) in [6, 6.07) is 4.59. The van der Waals surface area contributed by atoms with E-state index in [0.717, 1.165) is 5.56 Å². The fourth-order valence-corrected chi connectivity index (χ4v) is 2.40. The summed E-state index contributed by atoms with van der Waals surface area (Å²) < 4.78 is 0. The number of rotatable bonds is 4. The van der Waals surface area contributed by atoms with Crippen molar-refractivity contribution in [1.29, 1.82) is 0 Å². The lowest BCUT2D eigenvalue weighted by molar-refractivity contribution is -0.118. The lowest BCUT2D eigenvalue weighted by Crippen LogP contribution is -2.19. The van der Waals surface area contributed by atoms with Crippen LogP contribution in [0.2, 0.25) is 0 Å². The largest absolute Gasteiger partial charge is 0.345 e. The Morgan fingerprint density at radius 1 is 1.00 bits per heavy atom. The molecule has 120 valence electrons. The van der Waals surface area contributed by atoms with Gasteiger partial charge in [0.1, 0.15) is 0 Å². The Kier molecular flexibility index (Phi) is 6.68. The van der Waals surface area contributed by atoms with Crippen molar-refractivity contribution in [1.82, 2.24) is 5.32 Å². The number of carbonyl (C=O) groups excluding carboxylic acids is 1. The van der Waals surface area contributed by atoms with E-state index in [9.17, 15) is 4.79 Å². The van der Waals surface area contributed by atoms with E-state index in [1.165, 1.54) is 23.6 Å². The maximum atomic E-state index is 10.9. The molecule has 1 amide bonds. The highest BCUT2D eigenvalue weighted by Crippen LogP contribution is 2.31. The van der Waals surface area contributed by atoms with Gasteiger partial charge in [-0.1, -0.05) is 65.5 Å². The molecule has 2 nitrogen and oxygen atoms in total. The van der Waals surface area contributed by atoms with Gasteiger partial charge in [-0.05, 0) is 34.4 Å². The van der Waals surface area contributed by atoms with Gasteiger partial charge >= 0.3 is 0 Å². The molecule has 22 heavy (non-hydrogen) atoms. The summed E-state index contributed by atoms with van der Waals surface area (Å²) in [5.74, 6) is 7.72. The van der Waals surface area contributed by atoms with E-state index in [2.05, 4.69) is 70.8 Å². The van der Waals surface area contributed by atoms with Crippen molar-refractivity contribution in [3.8, 4) is 11.8 Å². The Balaban J connectivity index is 3.35. The van der Waals surface area contributed by atoms with E-state index in [1.807, 2.05) is 0 Å². The van der Waals surface area contributed by atoms with Gasteiger partial charge in [-0.2, -0.15) is 0 Å². The Hall–Kier alpha value is -1.75. The van der Waals surface area contributed by atoms with Gasteiger partial charge in [-0.15, -0.1) is 0 Å². The first-order valence-electron chi connectivity index (χ1n) is 8.15. The van der Waals surface area contributed by atoms with Crippen LogP contribution in [0, 0.1) is 11.8 Å². The highest BCUT2D eigenvalue weighted by molar-refractivity contribution is 5.73. The molecule has 0 heterocycles. The molecular weight excluding hydrogens is 270 g/mol. The number of carbonyl (C=O) groups is 1. The van der Waals surface area contributed by atoms with E-state index in [-0.39, 0.29) is 5.91 Å². The second-order valence-electron chi connectivity index (χ2n) is 6.75. The summed E-state index contributed by atoms with van der Waals surface area (Å²) in [6.07, 6.45) is 0. The third-order valence-electron chi connectivity index (χ3n) is 3.77. The summed E-state index contributed by atoms with van der Waals surface area (Å²) in [5, 5.41) is 2.73. The zero-order chi connectivity index (χ0) is 16.9. The van der Waals surface area contributed by atoms with Crippen LogP contribution in [-0.2, 0) is 4.79 Å². The number of hydrogen-bond acceptors (Lipinski definition) is 1. The van der Waals surface area contributed by atoms with E-state index >= 15 is 0 Å². The third kappa shape index (κ3) is 4.91. The number of benzene rings is 1. The normalized spacial score (nSPS) is 10.8. The molecule has 1 N–H and O–H groups in total. The zero-order valence-electron chi connectivity index (χ0n) is 15.0. The van der Waals surface area contributed by atoms with Crippen molar-refractivity contribution in [2.24, 2.45) is 0 Å². The highest BCUT2D eigenvalue weighted by atomic mass is 16.1. The summed E-state index contributed by atoms with van der Waals surface area (Å²) in [7, 11) is 0. The first-order chi connectivity index (χ1) is 10.2. The highest BCUT2D eigenvalue weighted by Gasteiger charge is 2.15. The van der Waals surface area contributed by atoms with Gasteiger partial charge in [-0.3, -0.25) is 4.79 Å². The minimum atomic E-state index is -0.0439. The van der Waals surface area contributed by atoms with Crippen LogP contribution in [0.1, 0.15) is 88.5 Å². The first-order valence-corrected chi connectivity index (χ1v) is 8.15. The van der Waals surface area contributed by atoms with Crippen LogP contribution in [0.3, 0.4) is 0 Å². The van der Waals surface area contributed by atoms with Crippen molar-refractivity contribution < 1.29 is 4.79 Å². The van der Waals surface area contributed by atoms with Crippen LogP contribution >= 0.6 is 0 Å². The van der Waals surface area contributed by atoms with Crippen LogP contribution in [0.4, 0.5) is 0 Å². The minimum absolute atomic E-state index is 0.0439. The van der Waals surface area contributed by atoms with Crippen molar-refractivity contribution in [3.63, 3.8) is 0 Å². The van der Waals surface area contributed by atoms with Crippen LogP contribution in [0.5, 0.6) is 0 Å². The van der Waals surface area contributed by atoms with E-state index in [4.69, 9.17) is 0 Å². The maximum absolute atomic E-state index is 10.9. The molecule has 2 heteroatoms. The molecule has 0 bridgehead atoms. The molecule has 1 rings (SSSR count). The number of nitrogens with one attached hydrogen (secondary N) is 1. The molecule has 0 fully saturated rings. The Labute approximate surface area is 135 Å². The van der Waals surface area contributed by atoms with E-state index in [1.54, 1.807) is 0 Å². The summed E-state index contributed by atoms with van der Waals surface area (Å²) in [6.45, 7) is 15.2. The first kappa shape index (κ1) is 18.3. The average Bonchev–Trinajstić information content (AvgIpc) is 2.42. The van der Waals surface area contributed by atoms with E-state index in [0.29, 0.717) is 24.3 Å². The predicted molar refractivity (Wildman–Crippen MR) is 94.3 cm³/mol. The smallest absolute Gasteiger partial charge is 0.217 e. The van der Waals surface area contributed by atoms with Gasteiger partial charge in [0, 0.05) is 12.5 Å². The molecule has 0 aliphatic carbocycles. The second kappa shape index (κ2) is 8.03. The predicted octanol–water partition coefficient (Wildman–Crippen LogP) is 4.54. The van der Waals surface area contributed by atoms with Gasteiger partial charge in [0.2, 0.25) is 5.91 Å². The zero-order valence-corrected chi connectivity index (χ0v) is 15.0. The van der Waals surface area contributed by atoms with Gasteiger partial charge < -0.3 is 5.32 Å². The van der Waals surface area contributed by atoms with Crippen LogP contribution in [0.25, 0.3) is 0 Å². The molecule has 0 radical (unpaired) electrons. The molecule has 0 saturated heterocycles. The maximum Gasteiger partial charge on any atom is 0.217 e. The molecule has 0 unspecified atom stereocenters. The molecule has 0 atom stereocenters. The van der Waals surface area contributed by atoms with Crippen molar-refractivity contribution >= 4 is 5.91 Å². The van der Waals surface area contributed by atoms with E-state index < -0.39 is 0 Å². The fourth-order valence-electron chi connectivity index (χ4n) is 2.40. The van der Waals surface area contributed by atoms with Crippen LogP contribution < -0.4 is 5.32 Å². The molecule has 0 aliphatic rings. The van der Waals surface area contributed by atoms with Crippen molar-refractivity contribution in [3.05, 3.63) is 34.4 Å². The lowest BCUT2D eigenvalue weighted by atomic mass is 9.84. The Morgan fingerprint density at radius 2 is 1.50 bits per heavy atom. The van der Waals surface area contributed by atoms with Crippen molar-refractivity contribution in [2.45, 2.75) is 66.2 Å². The van der Waals surface area contributed by atoms with Crippen molar-refractivity contribution in [2.75, 3.05) is 6.54 Å². The minimum Gasteiger partial charge on any atom is -0.345 e. The Morgan fingerprint density at radius 3 is 1.86 bits per heavy atom. The molecule has 0 saturated carbocycles. The van der Waals surface area contributed by atoms with Crippen LogP contribution in [0.15, 0.2) is 12.1 Å². The monoisotopic (exact) mass is 299 g/mol. The van der Waals surface area contributed by atoms with Gasteiger partial charge in [-0.25, -0.2) is 0 Å². The molecule has 0 aromatic heterocycles. The SMILES string of the molecule is CC(=O)NCC#Cc1c(C(C)C)cc(C(C)C)cc1C(C)C. The molecule has 0 aliphatic heterocycles. The molecule has 1 aromatic carbocycles. The molecule has 0 spiro atoms. The topological polar surface area (TPSA) is 29.1 Å². The Bertz CT molecular complexity index is 556. The number of hydrogen-bond donors (Lipinski definition) is 1. The quantitative estimate of drug-likeness (QED) is 0.812. The van der Waals surface area contributed by atoms with Crippen LogP contribution in [-0.4, -0.2) is 12.5 Å². The molecule has 1 aromatic rings. The third-order valence-corrected chi connectivity index (χ3v) is 3.77. The number of amides is 1. The lowest BCUT2D eigenvalue weighted by Gasteiger charge is -2.20. The summed E-state index contributed by atoms with van der Waals surface area (Å²) in [4.78, 5) is 10.9. The van der Waals surface area contributed by atoms with Gasteiger partial charge in [0.25, 0.3) is 0 Å². The van der Waals surface area contributed by atoms with Gasteiger partial charge in [0.05, 0.1) is 6.54 Å². The van der Waals surface area contributed by atoms with Gasteiger partial charge in [0.15, 0.2) is 0 Å². The molecular formula is C20H29NO. The standard InChI is InChI=1S/C20H29NO/c1-13(2)17-11-19(14(3)4)18(20(12-17)15(5)6)9-8-10-21-16(7)22/h11-15H,10H2,1-7H3,(H,21,22). The average molecular weight is 299 g/mol. The summed E-state index contributed by atoms with van der Waals surface area (Å²) >= 11 is 0. The second-order valence-corrected chi connectivity index (χ2v) is 6.75. The summed E-state index contributed by atoms with van der Waals surface area (Å²) in [5.41, 5.74) is 5.13.